The number of amides is 1. The number of benzene rings is 1. The van der Waals surface area contributed by atoms with Gasteiger partial charge in [0.05, 0.1) is 6.04 Å². The molecule has 5 nitrogen and oxygen atoms in total. The SMILES string of the molecule is CCn1ccc(C(=O)N[C@@H](C)c2ccc(-n3cccc3)cc2)n1. The highest BCUT2D eigenvalue weighted by molar-refractivity contribution is 5.92. The van der Waals surface area contributed by atoms with Crippen molar-refractivity contribution in [1.82, 2.24) is 19.7 Å². The fourth-order valence-electron chi connectivity index (χ4n) is 2.45. The van der Waals surface area contributed by atoms with E-state index in [1.165, 1.54) is 0 Å². The summed E-state index contributed by atoms with van der Waals surface area (Å²) in [6, 6.07) is 13.8. The molecule has 0 aliphatic heterocycles. The Morgan fingerprint density at radius 2 is 1.83 bits per heavy atom. The first-order valence-electron chi connectivity index (χ1n) is 7.75. The van der Waals surface area contributed by atoms with E-state index in [1.807, 2.05) is 73.4 Å². The molecule has 1 aromatic carbocycles. The molecule has 1 N–H and O–H groups in total. The van der Waals surface area contributed by atoms with Gasteiger partial charge in [-0.3, -0.25) is 9.48 Å². The molecule has 0 saturated carbocycles. The quantitative estimate of drug-likeness (QED) is 0.787. The van der Waals surface area contributed by atoms with E-state index in [2.05, 4.69) is 10.4 Å². The van der Waals surface area contributed by atoms with Crippen molar-refractivity contribution in [3.63, 3.8) is 0 Å². The number of rotatable bonds is 5. The van der Waals surface area contributed by atoms with Crippen LogP contribution in [0.2, 0.25) is 0 Å². The lowest BCUT2D eigenvalue weighted by atomic mass is 10.1. The predicted molar refractivity (Wildman–Crippen MR) is 89.6 cm³/mol. The Morgan fingerprint density at radius 1 is 1.13 bits per heavy atom. The van der Waals surface area contributed by atoms with Gasteiger partial charge in [-0.1, -0.05) is 12.1 Å². The van der Waals surface area contributed by atoms with Gasteiger partial charge in [0.15, 0.2) is 0 Å². The average Bonchev–Trinajstić information content (AvgIpc) is 3.26. The number of aromatic nitrogens is 3. The lowest BCUT2D eigenvalue weighted by Crippen LogP contribution is -2.27. The Morgan fingerprint density at radius 3 is 2.43 bits per heavy atom. The smallest absolute Gasteiger partial charge is 0.272 e. The summed E-state index contributed by atoms with van der Waals surface area (Å²) in [4.78, 5) is 12.2. The number of carbonyl (C=O) groups is 1. The van der Waals surface area contributed by atoms with Crippen molar-refractivity contribution >= 4 is 5.91 Å². The third-order valence-corrected chi connectivity index (χ3v) is 3.84. The van der Waals surface area contributed by atoms with Gasteiger partial charge in [0, 0.05) is 30.8 Å². The molecule has 0 aliphatic carbocycles. The number of hydrogen-bond acceptors (Lipinski definition) is 2. The number of nitrogens with zero attached hydrogens (tertiary/aromatic N) is 3. The summed E-state index contributed by atoms with van der Waals surface area (Å²) in [6.07, 6.45) is 5.82. The van der Waals surface area contributed by atoms with Crippen molar-refractivity contribution in [2.75, 3.05) is 0 Å². The molecule has 0 aliphatic rings. The first-order valence-corrected chi connectivity index (χ1v) is 7.75. The molecule has 0 radical (unpaired) electrons. The van der Waals surface area contributed by atoms with Crippen molar-refractivity contribution in [2.24, 2.45) is 0 Å². The molecule has 0 bridgehead atoms. The van der Waals surface area contributed by atoms with Crippen LogP contribution in [0.5, 0.6) is 0 Å². The number of aryl methyl sites for hydroxylation is 1. The van der Waals surface area contributed by atoms with Gasteiger partial charge in [-0.05, 0) is 49.7 Å². The summed E-state index contributed by atoms with van der Waals surface area (Å²) in [7, 11) is 0. The van der Waals surface area contributed by atoms with Crippen molar-refractivity contribution in [1.29, 1.82) is 0 Å². The maximum absolute atomic E-state index is 12.2. The highest BCUT2D eigenvalue weighted by Crippen LogP contribution is 2.16. The minimum Gasteiger partial charge on any atom is -0.344 e. The zero-order valence-corrected chi connectivity index (χ0v) is 13.3. The second-order valence-electron chi connectivity index (χ2n) is 5.43. The Bertz CT molecular complexity index is 772. The third kappa shape index (κ3) is 3.34. The van der Waals surface area contributed by atoms with Crippen LogP contribution in [0.25, 0.3) is 5.69 Å². The van der Waals surface area contributed by atoms with Gasteiger partial charge in [-0.15, -0.1) is 0 Å². The molecule has 2 heterocycles. The lowest BCUT2D eigenvalue weighted by Gasteiger charge is -2.14. The summed E-state index contributed by atoms with van der Waals surface area (Å²) in [6.45, 7) is 4.71. The van der Waals surface area contributed by atoms with Crippen LogP contribution < -0.4 is 5.32 Å². The summed E-state index contributed by atoms with van der Waals surface area (Å²) < 4.78 is 3.79. The van der Waals surface area contributed by atoms with Crippen LogP contribution in [0.15, 0.2) is 61.1 Å². The zero-order valence-electron chi connectivity index (χ0n) is 13.3. The zero-order chi connectivity index (χ0) is 16.2. The topological polar surface area (TPSA) is 51.9 Å². The molecule has 5 heteroatoms. The van der Waals surface area contributed by atoms with E-state index in [1.54, 1.807) is 10.7 Å². The van der Waals surface area contributed by atoms with Crippen LogP contribution in [0.4, 0.5) is 0 Å². The first-order chi connectivity index (χ1) is 11.2. The molecule has 1 amide bonds. The van der Waals surface area contributed by atoms with Crippen LogP contribution >= 0.6 is 0 Å². The fraction of sp³-hybridized carbons (Fsp3) is 0.222. The highest BCUT2D eigenvalue weighted by Gasteiger charge is 2.13. The summed E-state index contributed by atoms with van der Waals surface area (Å²) in [5.74, 6) is -0.154. The van der Waals surface area contributed by atoms with Crippen LogP contribution in [0, 0.1) is 0 Å². The molecule has 118 valence electrons. The van der Waals surface area contributed by atoms with Crippen LogP contribution in [-0.2, 0) is 6.54 Å². The Hall–Kier alpha value is -2.82. The molecule has 0 spiro atoms. The molecule has 0 saturated heterocycles. The normalized spacial score (nSPS) is 12.1. The van der Waals surface area contributed by atoms with E-state index >= 15 is 0 Å². The molecular formula is C18H20N4O. The van der Waals surface area contributed by atoms with E-state index in [0.29, 0.717) is 5.69 Å². The molecule has 2 aromatic heterocycles. The maximum atomic E-state index is 12.2. The van der Waals surface area contributed by atoms with Gasteiger partial charge in [0.25, 0.3) is 5.91 Å². The number of carbonyl (C=O) groups excluding carboxylic acids is 1. The second-order valence-corrected chi connectivity index (χ2v) is 5.43. The van der Waals surface area contributed by atoms with Crippen molar-refractivity contribution < 1.29 is 4.79 Å². The highest BCUT2D eigenvalue weighted by atomic mass is 16.2. The summed E-state index contributed by atoms with van der Waals surface area (Å²) >= 11 is 0. The minimum atomic E-state index is -0.154. The molecule has 0 fully saturated rings. The molecule has 0 unspecified atom stereocenters. The van der Waals surface area contributed by atoms with Crippen LogP contribution in [0.1, 0.15) is 35.9 Å². The van der Waals surface area contributed by atoms with Crippen LogP contribution in [-0.4, -0.2) is 20.3 Å². The van der Waals surface area contributed by atoms with Gasteiger partial charge in [0.2, 0.25) is 0 Å². The first kappa shape index (κ1) is 15.1. The van der Waals surface area contributed by atoms with E-state index in [4.69, 9.17) is 0 Å². The molecule has 1 atom stereocenters. The van der Waals surface area contributed by atoms with E-state index < -0.39 is 0 Å². The summed E-state index contributed by atoms with van der Waals surface area (Å²) in [5, 5.41) is 7.21. The van der Waals surface area contributed by atoms with Crippen molar-refractivity contribution in [3.8, 4) is 5.69 Å². The largest absolute Gasteiger partial charge is 0.344 e. The average molecular weight is 308 g/mol. The van der Waals surface area contributed by atoms with Crippen molar-refractivity contribution in [3.05, 3.63) is 72.3 Å². The Balaban J connectivity index is 1.68. The Kier molecular flexibility index (Phi) is 4.28. The van der Waals surface area contributed by atoms with Gasteiger partial charge >= 0.3 is 0 Å². The predicted octanol–water partition coefficient (Wildman–Crippen LogP) is 3.18. The van der Waals surface area contributed by atoms with Crippen LogP contribution in [0.3, 0.4) is 0 Å². The van der Waals surface area contributed by atoms with E-state index in [-0.39, 0.29) is 11.9 Å². The van der Waals surface area contributed by atoms with Gasteiger partial charge in [0.1, 0.15) is 5.69 Å². The lowest BCUT2D eigenvalue weighted by molar-refractivity contribution is 0.0934. The monoisotopic (exact) mass is 308 g/mol. The fourth-order valence-corrected chi connectivity index (χ4v) is 2.45. The standard InChI is InChI=1S/C18H20N4O/c1-3-22-13-10-17(20-22)18(23)19-14(2)15-6-8-16(9-7-15)21-11-4-5-12-21/h4-14H,3H2,1-2H3,(H,19,23)/t14-/m0/s1. The van der Waals surface area contributed by atoms with E-state index in [9.17, 15) is 4.79 Å². The van der Waals surface area contributed by atoms with Gasteiger partial charge in [-0.2, -0.15) is 5.10 Å². The third-order valence-electron chi connectivity index (χ3n) is 3.84. The van der Waals surface area contributed by atoms with Crippen molar-refractivity contribution in [2.45, 2.75) is 26.4 Å². The van der Waals surface area contributed by atoms with Gasteiger partial charge in [-0.25, -0.2) is 0 Å². The number of nitrogens with one attached hydrogen (secondary N) is 1. The Labute approximate surface area is 135 Å². The summed E-state index contributed by atoms with van der Waals surface area (Å²) in [5.41, 5.74) is 2.60. The molecular weight excluding hydrogens is 288 g/mol. The number of hydrogen-bond donors (Lipinski definition) is 1. The van der Waals surface area contributed by atoms with E-state index in [0.717, 1.165) is 17.8 Å². The minimum absolute atomic E-state index is 0.0759. The molecule has 3 rings (SSSR count). The van der Waals surface area contributed by atoms with Gasteiger partial charge < -0.3 is 9.88 Å². The second kappa shape index (κ2) is 6.52. The molecule has 23 heavy (non-hydrogen) atoms. The molecule has 3 aromatic rings. The maximum Gasteiger partial charge on any atom is 0.272 e.